The van der Waals surface area contributed by atoms with Crippen LogP contribution in [0, 0.1) is 10.1 Å². The van der Waals surface area contributed by atoms with Gasteiger partial charge in [0.25, 0.3) is 0 Å². The molecule has 13 heavy (non-hydrogen) atoms. The van der Waals surface area contributed by atoms with E-state index < -0.39 is 10.6 Å². The van der Waals surface area contributed by atoms with Crippen LogP contribution in [0.25, 0.3) is 0 Å². The van der Waals surface area contributed by atoms with Gasteiger partial charge in [0.15, 0.2) is 11.5 Å². The molecule has 5 nitrogen and oxygen atoms in total. The van der Waals surface area contributed by atoms with Gasteiger partial charge in [-0.15, -0.1) is 0 Å². The Morgan fingerprint density at radius 3 is 2.69 bits per heavy atom. The molecule has 0 bridgehead atoms. The number of nitro groups is 1. The summed E-state index contributed by atoms with van der Waals surface area (Å²) in [5.74, 6) is -0.491. The van der Waals surface area contributed by atoms with Gasteiger partial charge in [-0.1, -0.05) is 0 Å². The van der Waals surface area contributed by atoms with Crippen molar-refractivity contribution in [2.75, 3.05) is 0 Å². The maximum Gasteiger partial charge on any atom is 0.311 e. The van der Waals surface area contributed by atoms with E-state index in [0.29, 0.717) is 11.1 Å². The molecule has 0 amide bonds. The van der Waals surface area contributed by atoms with Crippen LogP contribution in [0.15, 0.2) is 12.1 Å². The fourth-order valence-electron chi connectivity index (χ4n) is 1.33. The van der Waals surface area contributed by atoms with Gasteiger partial charge in [-0.25, -0.2) is 0 Å². The Labute approximate surface area is 72.8 Å². The van der Waals surface area contributed by atoms with E-state index in [9.17, 15) is 14.9 Å². The standard InChI is InChI=1S/C8H5NO4/c10-7-1-4-2-8(11)6(9(12)13)3-5(4)7/h2-3,11H,1H2. The van der Waals surface area contributed by atoms with E-state index in [1.807, 2.05) is 0 Å². The quantitative estimate of drug-likeness (QED) is 0.515. The molecule has 0 unspecified atom stereocenters. The van der Waals surface area contributed by atoms with Gasteiger partial charge < -0.3 is 5.11 Å². The topological polar surface area (TPSA) is 80.4 Å². The molecule has 1 aliphatic carbocycles. The molecule has 0 aliphatic heterocycles. The third-order valence-corrected chi connectivity index (χ3v) is 2.05. The number of aromatic hydroxyl groups is 1. The van der Waals surface area contributed by atoms with Crippen molar-refractivity contribution in [2.45, 2.75) is 6.42 Å². The minimum Gasteiger partial charge on any atom is -0.502 e. The second kappa shape index (κ2) is 2.29. The highest BCUT2D eigenvalue weighted by molar-refractivity contribution is 6.07. The van der Waals surface area contributed by atoms with Crippen LogP contribution in [0.2, 0.25) is 0 Å². The molecule has 1 aromatic carbocycles. The Kier molecular flexibility index (Phi) is 1.36. The molecule has 1 aliphatic rings. The van der Waals surface area contributed by atoms with Crippen LogP contribution in [0.4, 0.5) is 5.69 Å². The second-order valence-electron chi connectivity index (χ2n) is 2.86. The fraction of sp³-hybridized carbons (Fsp3) is 0.125. The molecule has 0 spiro atoms. The lowest BCUT2D eigenvalue weighted by atomic mass is 9.86. The zero-order valence-corrected chi connectivity index (χ0v) is 6.48. The van der Waals surface area contributed by atoms with Gasteiger partial charge in [0.2, 0.25) is 0 Å². The number of phenols is 1. The lowest BCUT2D eigenvalue weighted by Gasteiger charge is -2.16. The number of hydrogen-bond acceptors (Lipinski definition) is 4. The summed E-state index contributed by atoms with van der Waals surface area (Å²) in [5, 5.41) is 19.5. The summed E-state index contributed by atoms with van der Waals surface area (Å²) in [6.45, 7) is 0. The number of ketones is 1. The van der Waals surface area contributed by atoms with E-state index in [1.54, 1.807) is 0 Å². The number of carbonyl (C=O) groups excluding carboxylic acids is 1. The zero-order valence-electron chi connectivity index (χ0n) is 6.48. The van der Waals surface area contributed by atoms with Crippen LogP contribution in [-0.4, -0.2) is 15.8 Å². The van der Waals surface area contributed by atoms with E-state index in [2.05, 4.69) is 0 Å². The van der Waals surface area contributed by atoms with Crippen molar-refractivity contribution >= 4 is 11.5 Å². The molecule has 1 N–H and O–H groups in total. The van der Waals surface area contributed by atoms with E-state index in [0.717, 1.165) is 6.07 Å². The Morgan fingerprint density at radius 1 is 1.46 bits per heavy atom. The van der Waals surface area contributed by atoms with Crippen molar-refractivity contribution in [3.63, 3.8) is 0 Å². The number of benzene rings is 1. The third-order valence-electron chi connectivity index (χ3n) is 2.05. The van der Waals surface area contributed by atoms with Crippen LogP contribution in [0.1, 0.15) is 15.9 Å². The predicted octanol–water partition coefficient (Wildman–Crippen LogP) is 1.04. The lowest BCUT2D eigenvalue weighted by molar-refractivity contribution is -0.385. The SMILES string of the molecule is O=C1Cc2cc(O)c([N+](=O)[O-])cc21. The first-order valence-corrected chi connectivity index (χ1v) is 3.63. The first-order valence-electron chi connectivity index (χ1n) is 3.63. The maximum absolute atomic E-state index is 10.9. The number of nitrogens with zero attached hydrogens (tertiary/aromatic N) is 1. The summed E-state index contributed by atoms with van der Waals surface area (Å²) in [6.07, 6.45) is 0.265. The predicted molar refractivity (Wildman–Crippen MR) is 42.8 cm³/mol. The number of fused-ring (bicyclic) bond motifs is 1. The molecular weight excluding hydrogens is 174 g/mol. The monoisotopic (exact) mass is 179 g/mol. The van der Waals surface area contributed by atoms with Crippen LogP contribution < -0.4 is 0 Å². The van der Waals surface area contributed by atoms with E-state index in [4.69, 9.17) is 5.11 Å². The van der Waals surface area contributed by atoms with Crippen LogP contribution in [0.5, 0.6) is 5.75 Å². The van der Waals surface area contributed by atoms with Crippen LogP contribution >= 0.6 is 0 Å². The van der Waals surface area contributed by atoms with E-state index in [1.165, 1.54) is 6.07 Å². The van der Waals surface area contributed by atoms with E-state index in [-0.39, 0.29) is 18.0 Å². The summed E-state index contributed by atoms with van der Waals surface area (Å²) in [5.41, 5.74) is 0.615. The van der Waals surface area contributed by atoms with Crippen molar-refractivity contribution in [1.82, 2.24) is 0 Å². The molecule has 0 fully saturated rings. The Hall–Kier alpha value is -1.91. The second-order valence-corrected chi connectivity index (χ2v) is 2.86. The summed E-state index contributed by atoms with van der Waals surface area (Å²) in [4.78, 5) is 20.5. The molecule has 0 aromatic heterocycles. The van der Waals surface area contributed by atoms with Crippen molar-refractivity contribution < 1.29 is 14.8 Å². The molecule has 0 saturated carbocycles. The van der Waals surface area contributed by atoms with Crippen molar-refractivity contribution in [3.05, 3.63) is 33.4 Å². The molecular formula is C8H5NO4. The lowest BCUT2D eigenvalue weighted by Crippen LogP contribution is -2.18. The number of nitro benzene ring substituents is 1. The third kappa shape index (κ3) is 0.970. The summed E-state index contributed by atoms with van der Waals surface area (Å²) < 4.78 is 0. The minimum atomic E-state index is -0.707. The first-order chi connectivity index (χ1) is 6.09. The first kappa shape index (κ1) is 7.72. The highest BCUT2D eigenvalue weighted by Gasteiger charge is 2.28. The van der Waals surface area contributed by atoms with E-state index >= 15 is 0 Å². The largest absolute Gasteiger partial charge is 0.502 e. The Morgan fingerprint density at radius 2 is 2.15 bits per heavy atom. The van der Waals surface area contributed by atoms with Crippen molar-refractivity contribution in [3.8, 4) is 5.75 Å². The van der Waals surface area contributed by atoms with Gasteiger partial charge in [0.1, 0.15) is 0 Å². The highest BCUT2D eigenvalue weighted by atomic mass is 16.6. The molecule has 66 valence electrons. The zero-order chi connectivity index (χ0) is 9.59. The van der Waals surface area contributed by atoms with Crippen LogP contribution in [0.3, 0.4) is 0 Å². The average Bonchev–Trinajstić information content (AvgIpc) is 2.02. The number of hydrogen-bond donors (Lipinski definition) is 1. The molecule has 1 aromatic rings. The number of carbonyl (C=O) groups is 1. The molecule has 0 saturated heterocycles. The highest BCUT2D eigenvalue weighted by Crippen LogP contribution is 2.34. The summed E-state index contributed by atoms with van der Waals surface area (Å²) in [7, 11) is 0. The van der Waals surface area contributed by atoms with Gasteiger partial charge in [0, 0.05) is 18.1 Å². The number of rotatable bonds is 1. The van der Waals surface area contributed by atoms with Gasteiger partial charge in [-0.3, -0.25) is 14.9 Å². The maximum atomic E-state index is 10.9. The summed E-state index contributed by atoms with van der Waals surface area (Å²) >= 11 is 0. The molecule has 5 heteroatoms. The van der Waals surface area contributed by atoms with Gasteiger partial charge in [-0.2, -0.15) is 0 Å². The van der Waals surface area contributed by atoms with Gasteiger partial charge in [-0.05, 0) is 11.6 Å². The van der Waals surface area contributed by atoms with Gasteiger partial charge >= 0.3 is 5.69 Å². The summed E-state index contributed by atoms with van der Waals surface area (Å²) in [6, 6.07) is 2.39. The van der Waals surface area contributed by atoms with Crippen molar-refractivity contribution in [1.29, 1.82) is 0 Å². The van der Waals surface area contributed by atoms with Gasteiger partial charge in [0.05, 0.1) is 4.92 Å². The average molecular weight is 179 g/mol. The Bertz CT molecular complexity index is 424. The molecule has 2 rings (SSSR count). The van der Waals surface area contributed by atoms with Crippen LogP contribution in [-0.2, 0) is 6.42 Å². The normalized spacial score (nSPS) is 13.4. The minimum absolute atomic E-state index is 0.113. The number of Topliss-reactive ketones (excluding diaryl/α,β-unsaturated/α-hetero) is 1. The van der Waals surface area contributed by atoms with Crippen molar-refractivity contribution in [2.24, 2.45) is 0 Å². The molecule has 0 radical (unpaired) electrons. The molecule has 0 atom stereocenters. The Balaban J connectivity index is 2.60. The smallest absolute Gasteiger partial charge is 0.311 e. The molecule has 0 heterocycles. The fourth-order valence-corrected chi connectivity index (χ4v) is 1.33. The number of phenolic OH excluding ortho intramolecular Hbond substituents is 1.